The van der Waals surface area contributed by atoms with E-state index in [2.05, 4.69) is 24.4 Å². The molecule has 1 aliphatic carbocycles. The Morgan fingerprint density at radius 3 is 2.68 bits per heavy atom. The zero-order valence-corrected chi connectivity index (χ0v) is 13.3. The molecule has 3 rings (SSSR count). The summed E-state index contributed by atoms with van der Waals surface area (Å²) in [4.78, 5) is 14.7. The molecule has 120 valence electrons. The third-order valence-corrected chi connectivity index (χ3v) is 5.41. The molecule has 0 bridgehead atoms. The summed E-state index contributed by atoms with van der Waals surface area (Å²) < 4.78 is 0. The van der Waals surface area contributed by atoms with Gasteiger partial charge in [-0.15, -0.1) is 0 Å². The van der Waals surface area contributed by atoms with Crippen molar-refractivity contribution in [2.24, 2.45) is 0 Å². The van der Waals surface area contributed by atoms with E-state index in [1.54, 1.807) is 0 Å². The quantitative estimate of drug-likeness (QED) is 0.900. The van der Waals surface area contributed by atoms with Gasteiger partial charge in [0.05, 0.1) is 17.7 Å². The molecule has 1 heterocycles. The van der Waals surface area contributed by atoms with Crippen LogP contribution < -0.4 is 5.32 Å². The molecule has 2 fully saturated rings. The molecule has 2 atom stereocenters. The fourth-order valence-electron chi connectivity index (χ4n) is 4.15. The minimum Gasteiger partial charge on any atom is -0.391 e. The number of hydrogen-bond acceptors (Lipinski definition) is 2. The van der Waals surface area contributed by atoms with Crippen LogP contribution in [-0.2, 0) is 0 Å². The second kappa shape index (κ2) is 6.29. The lowest BCUT2D eigenvalue weighted by molar-refractivity contribution is 0.0481. The summed E-state index contributed by atoms with van der Waals surface area (Å²) >= 11 is 0. The highest BCUT2D eigenvalue weighted by Crippen LogP contribution is 2.43. The summed E-state index contributed by atoms with van der Waals surface area (Å²) in [6.45, 7) is 2.75. The van der Waals surface area contributed by atoms with Crippen LogP contribution >= 0.6 is 0 Å². The first-order valence-electron chi connectivity index (χ1n) is 8.48. The van der Waals surface area contributed by atoms with Gasteiger partial charge in [-0.2, -0.15) is 0 Å². The Morgan fingerprint density at radius 2 is 2.05 bits per heavy atom. The van der Waals surface area contributed by atoms with Gasteiger partial charge in [-0.1, -0.05) is 50.1 Å². The zero-order chi connectivity index (χ0) is 15.6. The van der Waals surface area contributed by atoms with E-state index in [4.69, 9.17) is 0 Å². The lowest BCUT2D eigenvalue weighted by Gasteiger charge is -2.38. The molecule has 1 aromatic carbocycles. The third-order valence-electron chi connectivity index (χ3n) is 5.41. The number of carbonyl (C=O) groups is 1. The number of aliphatic hydroxyl groups excluding tert-OH is 1. The first kappa shape index (κ1) is 15.3. The molecular formula is C18H26N2O2. The van der Waals surface area contributed by atoms with E-state index >= 15 is 0 Å². The highest BCUT2D eigenvalue weighted by atomic mass is 16.3. The predicted molar refractivity (Wildman–Crippen MR) is 86.5 cm³/mol. The normalized spacial score (nSPS) is 24.6. The van der Waals surface area contributed by atoms with Crippen molar-refractivity contribution in [1.29, 1.82) is 0 Å². The Morgan fingerprint density at radius 1 is 1.36 bits per heavy atom. The largest absolute Gasteiger partial charge is 0.391 e. The molecular weight excluding hydrogens is 276 g/mol. The molecule has 1 aromatic rings. The van der Waals surface area contributed by atoms with Gasteiger partial charge in [0.25, 0.3) is 0 Å². The Labute approximate surface area is 132 Å². The topological polar surface area (TPSA) is 52.6 Å². The maximum atomic E-state index is 12.8. The fourth-order valence-corrected chi connectivity index (χ4v) is 4.15. The number of hydrogen-bond donors (Lipinski definition) is 2. The molecule has 4 heteroatoms. The molecule has 1 spiro atoms. The van der Waals surface area contributed by atoms with Crippen LogP contribution in [0.1, 0.15) is 57.1 Å². The van der Waals surface area contributed by atoms with Crippen LogP contribution in [0.15, 0.2) is 30.3 Å². The van der Waals surface area contributed by atoms with Gasteiger partial charge in [0.15, 0.2) is 0 Å². The van der Waals surface area contributed by atoms with Gasteiger partial charge in [0.2, 0.25) is 0 Å². The molecule has 1 aliphatic heterocycles. The first-order valence-corrected chi connectivity index (χ1v) is 8.48. The van der Waals surface area contributed by atoms with Gasteiger partial charge in [-0.25, -0.2) is 4.79 Å². The van der Waals surface area contributed by atoms with Crippen molar-refractivity contribution >= 4 is 6.03 Å². The predicted octanol–water partition coefficient (Wildman–Crippen LogP) is 3.23. The van der Waals surface area contributed by atoms with E-state index in [-0.39, 0.29) is 23.7 Å². The Balaban J connectivity index is 1.73. The van der Waals surface area contributed by atoms with Crippen molar-refractivity contribution in [3.05, 3.63) is 35.9 Å². The molecule has 1 unspecified atom stereocenters. The lowest BCUT2D eigenvalue weighted by Crippen LogP contribution is -2.54. The summed E-state index contributed by atoms with van der Waals surface area (Å²) in [5, 5.41) is 13.6. The van der Waals surface area contributed by atoms with E-state index in [9.17, 15) is 9.90 Å². The van der Waals surface area contributed by atoms with Gasteiger partial charge < -0.3 is 15.3 Å². The van der Waals surface area contributed by atoms with Crippen LogP contribution in [0.3, 0.4) is 0 Å². The van der Waals surface area contributed by atoms with Gasteiger partial charge in [-0.3, -0.25) is 0 Å². The molecule has 22 heavy (non-hydrogen) atoms. The summed E-state index contributed by atoms with van der Waals surface area (Å²) in [5.41, 5.74) is 0.831. The maximum Gasteiger partial charge on any atom is 0.318 e. The van der Waals surface area contributed by atoms with Crippen LogP contribution in [0, 0.1) is 0 Å². The lowest BCUT2D eigenvalue weighted by atomic mass is 9.91. The molecule has 2 amide bonds. The van der Waals surface area contributed by atoms with Gasteiger partial charge in [-0.05, 0) is 31.2 Å². The van der Waals surface area contributed by atoms with E-state index in [1.165, 1.54) is 0 Å². The molecule has 2 aliphatic rings. The monoisotopic (exact) mass is 302 g/mol. The molecule has 0 radical (unpaired) electrons. The standard InChI is InChI=1S/C18H26N2O2/c1-2-15(14-8-4-3-5-9-14)19-17(22)20-13-10-16(21)18(20)11-6-7-12-18/h3-5,8-9,15-16,21H,2,6-7,10-13H2,1H3,(H,19,22)/t15-,16?/m0/s1. The van der Waals surface area contributed by atoms with Crippen molar-refractivity contribution in [3.8, 4) is 0 Å². The van der Waals surface area contributed by atoms with E-state index in [0.29, 0.717) is 13.0 Å². The SMILES string of the molecule is CC[C@H](NC(=O)N1CCC(O)C12CCCC2)c1ccccc1. The van der Waals surface area contributed by atoms with Gasteiger partial charge >= 0.3 is 6.03 Å². The van der Waals surface area contributed by atoms with Crippen LogP contribution in [0.5, 0.6) is 0 Å². The van der Waals surface area contributed by atoms with Crippen molar-refractivity contribution in [1.82, 2.24) is 10.2 Å². The van der Waals surface area contributed by atoms with Crippen LogP contribution in [-0.4, -0.2) is 34.2 Å². The van der Waals surface area contributed by atoms with Crippen LogP contribution in [0.2, 0.25) is 0 Å². The van der Waals surface area contributed by atoms with Crippen molar-refractivity contribution in [3.63, 3.8) is 0 Å². The van der Waals surface area contributed by atoms with Gasteiger partial charge in [0.1, 0.15) is 0 Å². The third kappa shape index (κ3) is 2.60. The highest BCUT2D eigenvalue weighted by Gasteiger charge is 2.51. The molecule has 1 saturated heterocycles. The van der Waals surface area contributed by atoms with E-state index in [1.807, 2.05) is 23.1 Å². The molecule has 0 aromatic heterocycles. The summed E-state index contributed by atoms with van der Waals surface area (Å²) in [6.07, 6.45) is 5.29. The average Bonchev–Trinajstić information content (AvgIpc) is 3.15. The number of amides is 2. The smallest absolute Gasteiger partial charge is 0.318 e. The zero-order valence-electron chi connectivity index (χ0n) is 13.3. The van der Waals surface area contributed by atoms with Gasteiger partial charge in [0, 0.05) is 6.54 Å². The summed E-state index contributed by atoms with van der Waals surface area (Å²) in [5.74, 6) is 0. The number of likely N-dealkylation sites (tertiary alicyclic amines) is 1. The Bertz CT molecular complexity index is 511. The molecule has 4 nitrogen and oxygen atoms in total. The highest BCUT2D eigenvalue weighted by molar-refractivity contribution is 5.76. The van der Waals surface area contributed by atoms with Crippen molar-refractivity contribution in [2.75, 3.05) is 6.54 Å². The summed E-state index contributed by atoms with van der Waals surface area (Å²) in [6, 6.07) is 10.1. The van der Waals surface area contributed by atoms with Crippen molar-refractivity contribution in [2.45, 2.75) is 63.1 Å². The fraction of sp³-hybridized carbons (Fsp3) is 0.611. The number of urea groups is 1. The molecule has 2 N–H and O–H groups in total. The number of benzene rings is 1. The minimum absolute atomic E-state index is 0.0193. The number of aliphatic hydroxyl groups is 1. The van der Waals surface area contributed by atoms with Crippen LogP contribution in [0.4, 0.5) is 4.79 Å². The first-order chi connectivity index (χ1) is 10.7. The minimum atomic E-state index is -0.363. The number of carbonyl (C=O) groups excluding carboxylic acids is 1. The Kier molecular flexibility index (Phi) is 4.39. The number of rotatable bonds is 3. The number of nitrogens with zero attached hydrogens (tertiary/aromatic N) is 1. The van der Waals surface area contributed by atoms with Crippen LogP contribution in [0.25, 0.3) is 0 Å². The Hall–Kier alpha value is -1.55. The summed E-state index contributed by atoms with van der Waals surface area (Å²) in [7, 11) is 0. The second-order valence-electron chi connectivity index (χ2n) is 6.59. The average molecular weight is 302 g/mol. The van der Waals surface area contributed by atoms with E-state index < -0.39 is 0 Å². The van der Waals surface area contributed by atoms with Crippen molar-refractivity contribution < 1.29 is 9.90 Å². The second-order valence-corrected chi connectivity index (χ2v) is 6.59. The number of nitrogens with one attached hydrogen (secondary N) is 1. The maximum absolute atomic E-state index is 12.8. The van der Waals surface area contributed by atoms with E-state index in [0.717, 1.165) is 37.7 Å². The molecule has 1 saturated carbocycles.